The van der Waals surface area contributed by atoms with Crippen molar-refractivity contribution >= 4 is 17.5 Å². The standard InChI is InChI=1S/C18H16ClFN4O/c1-2-25-17-14(13-3-4-16(20)15(19)7-13)6-11(8-22-17)5-12-9-23-18(21)24-10-12/h3-4,6-10H,2,5H2,1H3,(H2,21,23,24). The van der Waals surface area contributed by atoms with Gasteiger partial charge in [-0.25, -0.2) is 19.3 Å². The van der Waals surface area contributed by atoms with Crippen molar-refractivity contribution in [3.05, 3.63) is 64.8 Å². The molecule has 128 valence electrons. The Morgan fingerprint density at radius 3 is 2.48 bits per heavy atom. The molecule has 0 atom stereocenters. The topological polar surface area (TPSA) is 73.9 Å². The van der Waals surface area contributed by atoms with Gasteiger partial charge in [-0.1, -0.05) is 17.7 Å². The Balaban J connectivity index is 1.99. The van der Waals surface area contributed by atoms with Gasteiger partial charge in [0.2, 0.25) is 11.8 Å². The lowest BCUT2D eigenvalue weighted by molar-refractivity contribution is 0.328. The molecule has 0 saturated heterocycles. The van der Waals surface area contributed by atoms with Crippen molar-refractivity contribution in [3.63, 3.8) is 0 Å². The summed E-state index contributed by atoms with van der Waals surface area (Å²) in [7, 11) is 0. The molecule has 0 aliphatic rings. The van der Waals surface area contributed by atoms with E-state index in [0.717, 1.165) is 22.3 Å². The highest BCUT2D eigenvalue weighted by Gasteiger charge is 2.12. The zero-order valence-electron chi connectivity index (χ0n) is 13.5. The molecule has 0 fully saturated rings. The number of ether oxygens (including phenoxy) is 1. The summed E-state index contributed by atoms with van der Waals surface area (Å²) in [5.74, 6) is 0.240. The average molecular weight is 359 g/mol. The van der Waals surface area contributed by atoms with Crippen LogP contribution in [0.1, 0.15) is 18.1 Å². The molecule has 0 saturated carbocycles. The summed E-state index contributed by atoms with van der Waals surface area (Å²) in [6, 6.07) is 6.48. The molecule has 2 heterocycles. The molecule has 2 aromatic heterocycles. The third-order valence-corrected chi connectivity index (χ3v) is 3.84. The molecule has 0 amide bonds. The fourth-order valence-electron chi connectivity index (χ4n) is 2.41. The molecule has 2 N–H and O–H groups in total. The summed E-state index contributed by atoms with van der Waals surface area (Å²) in [5.41, 5.74) is 8.83. The molecule has 0 radical (unpaired) electrons. The highest BCUT2D eigenvalue weighted by Crippen LogP contribution is 2.32. The summed E-state index contributed by atoms with van der Waals surface area (Å²) in [6.45, 7) is 2.35. The van der Waals surface area contributed by atoms with Crippen molar-refractivity contribution in [2.75, 3.05) is 12.3 Å². The predicted octanol–water partition coefficient (Wildman–Crippen LogP) is 3.90. The van der Waals surface area contributed by atoms with Gasteiger partial charge in [-0.05, 0) is 41.8 Å². The molecular formula is C18H16ClFN4O. The summed E-state index contributed by atoms with van der Waals surface area (Å²) in [6.07, 6.45) is 5.66. The zero-order chi connectivity index (χ0) is 17.8. The van der Waals surface area contributed by atoms with Crippen molar-refractivity contribution in [1.82, 2.24) is 15.0 Å². The van der Waals surface area contributed by atoms with E-state index < -0.39 is 5.82 Å². The van der Waals surface area contributed by atoms with Gasteiger partial charge in [0.05, 0.1) is 11.6 Å². The number of pyridine rings is 1. The van der Waals surface area contributed by atoms with Crippen molar-refractivity contribution < 1.29 is 9.13 Å². The Kier molecular flexibility index (Phi) is 5.09. The monoisotopic (exact) mass is 358 g/mol. The van der Waals surface area contributed by atoms with Gasteiger partial charge >= 0.3 is 0 Å². The van der Waals surface area contributed by atoms with Gasteiger partial charge in [0.15, 0.2) is 0 Å². The van der Waals surface area contributed by atoms with Gasteiger partial charge in [0.25, 0.3) is 0 Å². The smallest absolute Gasteiger partial charge is 0.221 e. The third-order valence-electron chi connectivity index (χ3n) is 3.55. The lowest BCUT2D eigenvalue weighted by atomic mass is 10.0. The number of nitrogens with zero attached hydrogens (tertiary/aromatic N) is 3. The minimum atomic E-state index is -0.466. The first-order chi connectivity index (χ1) is 12.1. The van der Waals surface area contributed by atoms with Crippen molar-refractivity contribution in [1.29, 1.82) is 0 Å². The Morgan fingerprint density at radius 1 is 1.08 bits per heavy atom. The molecular weight excluding hydrogens is 343 g/mol. The second-order valence-electron chi connectivity index (χ2n) is 5.38. The van der Waals surface area contributed by atoms with Crippen LogP contribution < -0.4 is 10.5 Å². The Labute approximate surface area is 149 Å². The molecule has 1 aromatic carbocycles. The van der Waals surface area contributed by atoms with Crippen LogP contribution >= 0.6 is 11.6 Å². The summed E-state index contributed by atoms with van der Waals surface area (Å²) in [4.78, 5) is 12.4. The van der Waals surface area contributed by atoms with Crippen molar-refractivity contribution in [3.8, 4) is 17.0 Å². The van der Waals surface area contributed by atoms with E-state index in [0.29, 0.717) is 18.9 Å². The molecule has 25 heavy (non-hydrogen) atoms. The average Bonchev–Trinajstić information content (AvgIpc) is 2.61. The van der Waals surface area contributed by atoms with Crippen LogP contribution in [0.5, 0.6) is 5.88 Å². The minimum Gasteiger partial charge on any atom is -0.478 e. The van der Waals surface area contributed by atoms with Crippen LogP contribution in [-0.4, -0.2) is 21.6 Å². The number of anilines is 1. The number of aromatic nitrogens is 3. The van der Waals surface area contributed by atoms with Crippen LogP contribution in [-0.2, 0) is 6.42 Å². The van der Waals surface area contributed by atoms with Gasteiger partial charge in [-0.15, -0.1) is 0 Å². The van der Waals surface area contributed by atoms with Gasteiger partial charge in [-0.3, -0.25) is 0 Å². The molecule has 5 nitrogen and oxygen atoms in total. The fraction of sp³-hybridized carbons (Fsp3) is 0.167. The highest BCUT2D eigenvalue weighted by atomic mass is 35.5. The third kappa shape index (κ3) is 4.03. The lowest BCUT2D eigenvalue weighted by Gasteiger charge is -2.12. The van der Waals surface area contributed by atoms with E-state index in [1.54, 1.807) is 30.7 Å². The maximum absolute atomic E-state index is 13.5. The number of hydrogen-bond donors (Lipinski definition) is 1. The van der Waals surface area contributed by atoms with Gasteiger partial charge in [0.1, 0.15) is 5.82 Å². The number of nitrogens with two attached hydrogens (primary N) is 1. The van der Waals surface area contributed by atoms with E-state index in [1.807, 2.05) is 13.0 Å². The first kappa shape index (κ1) is 17.1. The predicted molar refractivity (Wildman–Crippen MR) is 95.1 cm³/mol. The summed E-state index contributed by atoms with van der Waals surface area (Å²) >= 11 is 5.91. The molecule has 0 aliphatic carbocycles. The second kappa shape index (κ2) is 7.44. The summed E-state index contributed by atoms with van der Waals surface area (Å²) < 4.78 is 19.1. The van der Waals surface area contributed by atoms with E-state index in [4.69, 9.17) is 22.1 Å². The Bertz CT molecular complexity index is 887. The van der Waals surface area contributed by atoms with Crippen LogP contribution in [0.25, 0.3) is 11.1 Å². The zero-order valence-corrected chi connectivity index (χ0v) is 14.3. The Morgan fingerprint density at radius 2 is 1.80 bits per heavy atom. The maximum Gasteiger partial charge on any atom is 0.221 e. The number of benzene rings is 1. The summed E-state index contributed by atoms with van der Waals surface area (Å²) in [5, 5.41) is 0.0530. The molecule has 0 aliphatic heterocycles. The van der Waals surface area contributed by atoms with E-state index >= 15 is 0 Å². The first-order valence-corrected chi connectivity index (χ1v) is 8.08. The SMILES string of the molecule is CCOc1ncc(Cc2cnc(N)nc2)cc1-c1ccc(F)c(Cl)c1. The molecule has 7 heteroatoms. The number of halogens is 2. The van der Waals surface area contributed by atoms with E-state index in [-0.39, 0.29) is 11.0 Å². The van der Waals surface area contributed by atoms with E-state index in [1.165, 1.54) is 6.07 Å². The highest BCUT2D eigenvalue weighted by molar-refractivity contribution is 6.31. The Hall–Kier alpha value is -2.73. The molecule has 0 bridgehead atoms. The van der Waals surface area contributed by atoms with Crippen LogP contribution in [0.3, 0.4) is 0 Å². The fourth-order valence-corrected chi connectivity index (χ4v) is 2.59. The van der Waals surface area contributed by atoms with Crippen molar-refractivity contribution in [2.45, 2.75) is 13.3 Å². The first-order valence-electron chi connectivity index (χ1n) is 7.70. The van der Waals surface area contributed by atoms with E-state index in [2.05, 4.69) is 15.0 Å². The van der Waals surface area contributed by atoms with Gasteiger partial charge in [-0.2, -0.15) is 0 Å². The van der Waals surface area contributed by atoms with Crippen LogP contribution in [0.15, 0.2) is 42.9 Å². The quantitative estimate of drug-likeness (QED) is 0.748. The molecule has 3 rings (SSSR count). The van der Waals surface area contributed by atoms with E-state index in [9.17, 15) is 4.39 Å². The number of hydrogen-bond acceptors (Lipinski definition) is 5. The molecule has 3 aromatic rings. The minimum absolute atomic E-state index is 0.0530. The largest absolute Gasteiger partial charge is 0.478 e. The van der Waals surface area contributed by atoms with Crippen LogP contribution in [0.2, 0.25) is 5.02 Å². The number of rotatable bonds is 5. The van der Waals surface area contributed by atoms with Crippen LogP contribution in [0.4, 0.5) is 10.3 Å². The normalized spacial score (nSPS) is 10.7. The molecule has 0 unspecified atom stereocenters. The lowest BCUT2D eigenvalue weighted by Crippen LogP contribution is -2.00. The second-order valence-corrected chi connectivity index (χ2v) is 5.79. The van der Waals surface area contributed by atoms with Gasteiger partial charge in [0, 0.05) is 30.6 Å². The maximum atomic E-state index is 13.5. The molecule has 0 spiro atoms. The number of nitrogen functional groups attached to an aromatic ring is 1. The van der Waals surface area contributed by atoms with Gasteiger partial charge < -0.3 is 10.5 Å². The van der Waals surface area contributed by atoms with Crippen molar-refractivity contribution in [2.24, 2.45) is 0 Å². The van der Waals surface area contributed by atoms with Crippen LogP contribution in [0, 0.1) is 5.82 Å².